The van der Waals surface area contributed by atoms with E-state index in [4.69, 9.17) is 5.73 Å². The molecule has 0 spiro atoms. The molecular weight excluding hydrogens is 392 g/mol. The van der Waals surface area contributed by atoms with Crippen LogP contribution in [-0.2, 0) is 13.5 Å². The molecule has 0 atom stereocenters. The number of fused-ring (bicyclic) bond motifs is 3. The first-order chi connectivity index (χ1) is 14.6. The lowest BCUT2D eigenvalue weighted by Gasteiger charge is -2.06. The molecule has 0 bridgehead atoms. The van der Waals surface area contributed by atoms with Crippen molar-refractivity contribution < 1.29 is 4.79 Å². The van der Waals surface area contributed by atoms with Crippen molar-refractivity contribution in [2.24, 2.45) is 7.05 Å². The average Bonchev–Trinajstić information content (AvgIpc) is 3.32. The number of benzene rings is 3. The zero-order valence-electron chi connectivity index (χ0n) is 16.5. The topological polar surface area (TPSA) is 73.8 Å². The second kappa shape index (κ2) is 7.46. The fourth-order valence-electron chi connectivity index (χ4n) is 3.86. The fourth-order valence-corrected chi connectivity index (χ4v) is 4.66. The van der Waals surface area contributed by atoms with E-state index in [1.54, 1.807) is 0 Å². The number of rotatable bonds is 5. The Hall–Kier alpha value is -3.38. The summed E-state index contributed by atoms with van der Waals surface area (Å²) >= 11 is 1.40. The van der Waals surface area contributed by atoms with Crippen LogP contribution >= 0.6 is 11.8 Å². The van der Waals surface area contributed by atoms with Gasteiger partial charge in [-0.1, -0.05) is 48.2 Å². The van der Waals surface area contributed by atoms with Crippen LogP contribution in [0.1, 0.15) is 21.5 Å². The molecule has 0 unspecified atom stereocenters. The molecule has 0 fully saturated rings. The third-order valence-corrected chi connectivity index (χ3v) is 6.47. The number of hydrogen-bond acceptors (Lipinski definition) is 5. The Bertz CT molecular complexity index is 1260. The molecule has 1 aliphatic rings. The average molecular weight is 413 g/mol. The van der Waals surface area contributed by atoms with Crippen molar-refractivity contribution >= 4 is 23.2 Å². The lowest BCUT2D eigenvalue weighted by Crippen LogP contribution is -2.04. The largest absolute Gasteiger partial charge is 0.399 e. The molecule has 0 radical (unpaired) electrons. The molecule has 30 heavy (non-hydrogen) atoms. The molecule has 148 valence electrons. The molecule has 0 saturated heterocycles. The number of Topliss-reactive ketones (excluding diaryl/α,β-unsaturated/α-hetero) is 1. The first-order valence-electron chi connectivity index (χ1n) is 9.72. The number of thioether (sulfide) groups is 1. The summed E-state index contributed by atoms with van der Waals surface area (Å²) < 4.78 is 1.91. The van der Waals surface area contributed by atoms with Crippen molar-refractivity contribution in [2.45, 2.75) is 11.6 Å². The van der Waals surface area contributed by atoms with E-state index in [-0.39, 0.29) is 5.78 Å². The molecule has 2 N–H and O–H groups in total. The summed E-state index contributed by atoms with van der Waals surface area (Å²) in [6.07, 6.45) is 0.883. The molecule has 5 rings (SSSR count). The maximum Gasteiger partial charge on any atom is 0.191 e. The van der Waals surface area contributed by atoms with E-state index in [1.165, 1.54) is 34.0 Å². The zero-order chi connectivity index (χ0) is 20.7. The Labute approximate surface area is 179 Å². The molecule has 4 aromatic rings. The first kappa shape index (κ1) is 18.6. The summed E-state index contributed by atoms with van der Waals surface area (Å²) in [5, 5.41) is 9.25. The smallest absolute Gasteiger partial charge is 0.191 e. The predicted octanol–water partition coefficient (Wildman–Crippen LogP) is 4.61. The van der Waals surface area contributed by atoms with Gasteiger partial charge in [-0.3, -0.25) is 4.79 Å². The molecule has 1 aliphatic carbocycles. The van der Waals surface area contributed by atoms with Crippen LogP contribution in [0.2, 0.25) is 0 Å². The number of aromatic nitrogens is 3. The number of carbonyl (C=O) groups is 1. The quantitative estimate of drug-likeness (QED) is 0.259. The normalized spacial score (nSPS) is 11.9. The summed E-state index contributed by atoms with van der Waals surface area (Å²) in [4.78, 5) is 12.8. The van der Waals surface area contributed by atoms with E-state index in [9.17, 15) is 4.79 Å². The van der Waals surface area contributed by atoms with E-state index in [0.717, 1.165) is 23.4 Å². The van der Waals surface area contributed by atoms with Crippen LogP contribution in [0.15, 0.2) is 71.9 Å². The number of carbonyl (C=O) groups excluding carboxylic acids is 1. The van der Waals surface area contributed by atoms with Crippen LogP contribution in [0.3, 0.4) is 0 Å². The van der Waals surface area contributed by atoms with Crippen molar-refractivity contribution in [3.63, 3.8) is 0 Å². The molecule has 3 aromatic carbocycles. The van der Waals surface area contributed by atoms with Gasteiger partial charge in [0.15, 0.2) is 16.8 Å². The van der Waals surface area contributed by atoms with Gasteiger partial charge in [-0.05, 0) is 59.0 Å². The fraction of sp³-hybridized carbons (Fsp3) is 0.125. The van der Waals surface area contributed by atoms with Gasteiger partial charge in [-0.2, -0.15) is 0 Å². The molecule has 1 heterocycles. The van der Waals surface area contributed by atoms with Crippen LogP contribution in [0.25, 0.3) is 22.5 Å². The maximum absolute atomic E-state index is 12.8. The summed E-state index contributed by atoms with van der Waals surface area (Å²) in [7, 11) is 1.91. The van der Waals surface area contributed by atoms with E-state index in [0.29, 0.717) is 16.6 Å². The molecule has 0 saturated carbocycles. The minimum absolute atomic E-state index is 0.0933. The Kier molecular flexibility index (Phi) is 4.64. The van der Waals surface area contributed by atoms with Crippen LogP contribution < -0.4 is 5.73 Å². The predicted molar refractivity (Wildman–Crippen MR) is 121 cm³/mol. The van der Waals surface area contributed by atoms with Crippen molar-refractivity contribution in [3.05, 3.63) is 83.4 Å². The van der Waals surface area contributed by atoms with Gasteiger partial charge in [-0.15, -0.1) is 10.2 Å². The SMILES string of the molecule is Cn1c(SCC(=O)c2ccc3c(c2)Cc2ccccc2-3)nnc1-c1ccc(N)cc1. The van der Waals surface area contributed by atoms with Gasteiger partial charge in [0.05, 0.1) is 5.75 Å². The van der Waals surface area contributed by atoms with Gasteiger partial charge in [0, 0.05) is 23.9 Å². The molecule has 5 nitrogen and oxygen atoms in total. The molecule has 0 amide bonds. The van der Waals surface area contributed by atoms with E-state index >= 15 is 0 Å². The minimum atomic E-state index is 0.0933. The maximum atomic E-state index is 12.8. The number of anilines is 1. The van der Waals surface area contributed by atoms with Crippen LogP contribution in [-0.4, -0.2) is 26.3 Å². The number of nitrogen functional groups attached to an aromatic ring is 1. The first-order valence-corrected chi connectivity index (χ1v) is 10.7. The number of nitrogens with two attached hydrogens (primary N) is 1. The highest BCUT2D eigenvalue weighted by Crippen LogP contribution is 2.37. The van der Waals surface area contributed by atoms with E-state index in [2.05, 4.69) is 40.5 Å². The van der Waals surface area contributed by atoms with Crippen LogP contribution in [0.5, 0.6) is 0 Å². The van der Waals surface area contributed by atoms with E-state index < -0.39 is 0 Å². The van der Waals surface area contributed by atoms with Crippen LogP contribution in [0.4, 0.5) is 5.69 Å². The Morgan fingerprint density at radius 3 is 2.60 bits per heavy atom. The Balaban J connectivity index is 1.30. The highest BCUT2D eigenvalue weighted by Gasteiger charge is 2.20. The summed E-state index contributed by atoms with van der Waals surface area (Å²) in [5.74, 6) is 1.16. The monoisotopic (exact) mass is 412 g/mol. The Morgan fingerprint density at radius 1 is 1.00 bits per heavy atom. The zero-order valence-corrected chi connectivity index (χ0v) is 17.3. The minimum Gasteiger partial charge on any atom is -0.399 e. The van der Waals surface area contributed by atoms with Gasteiger partial charge < -0.3 is 10.3 Å². The molecule has 0 aliphatic heterocycles. The van der Waals surface area contributed by atoms with Gasteiger partial charge in [0.1, 0.15) is 0 Å². The summed E-state index contributed by atoms with van der Waals surface area (Å²) in [6, 6.07) is 22.0. The summed E-state index contributed by atoms with van der Waals surface area (Å²) in [5.41, 5.74) is 13.2. The molecule has 1 aromatic heterocycles. The van der Waals surface area contributed by atoms with Gasteiger partial charge >= 0.3 is 0 Å². The standard InChI is InChI=1S/C24H20N4OS/c1-28-23(15-6-9-19(25)10-7-15)26-27-24(28)30-14-22(29)17-8-11-21-18(13-17)12-16-4-2-3-5-20(16)21/h2-11,13H,12,14,25H2,1H3. The summed E-state index contributed by atoms with van der Waals surface area (Å²) in [6.45, 7) is 0. The lowest BCUT2D eigenvalue weighted by atomic mass is 10.0. The van der Waals surface area contributed by atoms with Crippen molar-refractivity contribution in [3.8, 4) is 22.5 Å². The third kappa shape index (κ3) is 3.29. The molecular formula is C24H20N4OS. The number of ketones is 1. The number of hydrogen-bond donors (Lipinski definition) is 1. The van der Waals surface area contributed by atoms with E-state index in [1.807, 2.05) is 48.0 Å². The number of nitrogens with zero attached hydrogens (tertiary/aromatic N) is 3. The van der Waals surface area contributed by atoms with Gasteiger partial charge in [-0.25, -0.2) is 0 Å². The van der Waals surface area contributed by atoms with Crippen molar-refractivity contribution in [1.82, 2.24) is 14.8 Å². The van der Waals surface area contributed by atoms with Gasteiger partial charge in [0.25, 0.3) is 0 Å². The van der Waals surface area contributed by atoms with Crippen LogP contribution in [0, 0.1) is 0 Å². The highest BCUT2D eigenvalue weighted by atomic mass is 32.2. The van der Waals surface area contributed by atoms with Gasteiger partial charge in [0.2, 0.25) is 0 Å². The second-order valence-corrected chi connectivity index (χ2v) is 8.35. The lowest BCUT2D eigenvalue weighted by molar-refractivity contribution is 0.102. The van der Waals surface area contributed by atoms with Crippen molar-refractivity contribution in [1.29, 1.82) is 0 Å². The highest BCUT2D eigenvalue weighted by molar-refractivity contribution is 7.99. The Morgan fingerprint density at radius 2 is 1.77 bits per heavy atom. The molecule has 6 heteroatoms. The second-order valence-electron chi connectivity index (χ2n) is 7.40. The third-order valence-electron chi connectivity index (χ3n) is 5.45. The van der Waals surface area contributed by atoms with Crippen molar-refractivity contribution in [2.75, 3.05) is 11.5 Å².